The summed E-state index contributed by atoms with van der Waals surface area (Å²) in [6.45, 7) is 10.3. The third-order valence-electron chi connectivity index (χ3n) is 8.11. The van der Waals surface area contributed by atoms with Gasteiger partial charge in [-0.25, -0.2) is 0 Å². The van der Waals surface area contributed by atoms with Crippen LogP contribution in [-0.2, 0) is 10.5 Å². The summed E-state index contributed by atoms with van der Waals surface area (Å²) in [4.78, 5) is 16.8. The number of nitrogens with two attached hydrogens (primary N) is 1. The minimum Gasteiger partial charge on any atom is -0.384 e. The number of anilines is 1. The molecule has 1 atom stereocenters. The monoisotopic (exact) mass is 635 g/mol. The van der Waals surface area contributed by atoms with Gasteiger partial charge in [-0.05, 0) is 90.8 Å². The molecule has 4 nitrogen and oxygen atoms in total. The van der Waals surface area contributed by atoms with Crippen molar-refractivity contribution in [1.29, 1.82) is 5.26 Å². The first-order valence-electron chi connectivity index (χ1n) is 13.7. The van der Waals surface area contributed by atoms with Gasteiger partial charge in [-0.2, -0.15) is 5.26 Å². The molecule has 0 amide bonds. The number of carbonyl (C=O) groups is 1. The number of nitrogens with zero attached hydrogens (tertiary/aromatic N) is 2. The Balaban J connectivity index is 1.68. The van der Waals surface area contributed by atoms with Crippen molar-refractivity contribution in [2.45, 2.75) is 64.0 Å². The molecule has 5 rings (SSSR count). The summed E-state index contributed by atoms with van der Waals surface area (Å²) in [6, 6.07) is 17.7. The van der Waals surface area contributed by atoms with Crippen LogP contribution in [0.15, 0.2) is 76.1 Å². The summed E-state index contributed by atoms with van der Waals surface area (Å²) in [5.74, 6) is 0.452. The molecular formula is C34H32Cl3N3OS. The zero-order valence-corrected chi connectivity index (χ0v) is 27.3. The smallest absolute Gasteiger partial charge is 0.162 e. The molecule has 0 saturated carbocycles. The van der Waals surface area contributed by atoms with Crippen LogP contribution in [0.5, 0.6) is 0 Å². The van der Waals surface area contributed by atoms with Crippen molar-refractivity contribution in [3.8, 4) is 6.07 Å². The highest BCUT2D eigenvalue weighted by atomic mass is 35.5. The lowest BCUT2D eigenvalue weighted by molar-refractivity contribution is -0.118. The van der Waals surface area contributed by atoms with E-state index in [9.17, 15) is 10.1 Å². The molecule has 1 unspecified atom stereocenters. The van der Waals surface area contributed by atoms with Crippen molar-refractivity contribution in [1.82, 2.24) is 0 Å². The van der Waals surface area contributed by atoms with Crippen LogP contribution in [0.2, 0.25) is 15.1 Å². The highest BCUT2D eigenvalue weighted by Crippen LogP contribution is 2.51. The Labute approximate surface area is 267 Å². The molecule has 1 heterocycles. The van der Waals surface area contributed by atoms with Gasteiger partial charge in [-0.3, -0.25) is 9.69 Å². The van der Waals surface area contributed by atoms with E-state index >= 15 is 0 Å². The Hall–Kier alpha value is -2.88. The second-order valence-electron chi connectivity index (χ2n) is 11.9. The number of thioether (sulfide) groups is 1. The number of halogens is 3. The molecule has 1 aliphatic heterocycles. The van der Waals surface area contributed by atoms with E-state index < -0.39 is 5.92 Å². The number of allylic oxidation sites excluding steroid dienone is 3. The van der Waals surface area contributed by atoms with Crippen molar-refractivity contribution in [3.63, 3.8) is 0 Å². The van der Waals surface area contributed by atoms with E-state index in [0.29, 0.717) is 50.6 Å². The quantitative estimate of drug-likeness (QED) is 0.282. The Morgan fingerprint density at radius 2 is 1.67 bits per heavy atom. The zero-order chi connectivity index (χ0) is 30.5. The molecule has 0 spiro atoms. The molecule has 0 saturated heterocycles. The average Bonchev–Trinajstić information content (AvgIpc) is 2.90. The predicted molar refractivity (Wildman–Crippen MR) is 175 cm³/mol. The van der Waals surface area contributed by atoms with Gasteiger partial charge in [0, 0.05) is 38.4 Å². The number of benzene rings is 3. The van der Waals surface area contributed by atoms with Gasteiger partial charge in [0.2, 0.25) is 0 Å². The lowest BCUT2D eigenvalue weighted by Crippen LogP contribution is -2.42. The van der Waals surface area contributed by atoms with E-state index in [1.165, 1.54) is 0 Å². The molecule has 0 radical (unpaired) electrons. The molecule has 1 aliphatic carbocycles. The lowest BCUT2D eigenvalue weighted by atomic mass is 9.68. The summed E-state index contributed by atoms with van der Waals surface area (Å²) >= 11 is 20.7. The maximum atomic E-state index is 14.1. The van der Waals surface area contributed by atoms with E-state index in [0.717, 1.165) is 44.1 Å². The van der Waals surface area contributed by atoms with Gasteiger partial charge in [0.05, 0.1) is 28.3 Å². The summed E-state index contributed by atoms with van der Waals surface area (Å²) in [7, 11) is 0. The SMILES string of the molecule is Cc1cc(C)c(C2C(C#N)=C(N)N(c3cc(Cl)ccc3C)C3=C2C(=O)CC(C)(C)C3)cc1CSc1cc(Cl)ccc1Cl. The molecule has 2 aliphatic rings. The molecule has 0 bridgehead atoms. The van der Waals surface area contributed by atoms with E-state index in [1.807, 2.05) is 43.0 Å². The first kappa shape index (κ1) is 30.6. The van der Waals surface area contributed by atoms with Gasteiger partial charge in [-0.1, -0.05) is 66.8 Å². The highest BCUT2D eigenvalue weighted by Gasteiger charge is 2.45. The molecule has 3 aromatic rings. The number of carbonyl (C=O) groups excluding carboxylic acids is 1. The third-order valence-corrected chi connectivity index (χ3v) is 10.1. The van der Waals surface area contributed by atoms with Crippen molar-refractivity contribution in [2.75, 3.05) is 4.90 Å². The van der Waals surface area contributed by atoms with Crippen LogP contribution in [0.1, 0.15) is 60.4 Å². The van der Waals surface area contributed by atoms with Gasteiger partial charge in [-0.15, -0.1) is 11.8 Å². The second-order valence-corrected chi connectivity index (χ2v) is 14.2. The third kappa shape index (κ3) is 5.71. The Morgan fingerprint density at radius 3 is 2.38 bits per heavy atom. The summed E-state index contributed by atoms with van der Waals surface area (Å²) < 4.78 is 0. The van der Waals surface area contributed by atoms with Crippen molar-refractivity contribution in [2.24, 2.45) is 11.1 Å². The Kier molecular flexibility index (Phi) is 8.49. The molecule has 216 valence electrons. The van der Waals surface area contributed by atoms with Gasteiger partial charge < -0.3 is 5.73 Å². The Bertz CT molecular complexity index is 1730. The van der Waals surface area contributed by atoms with Crippen LogP contribution in [0.4, 0.5) is 5.69 Å². The fourth-order valence-electron chi connectivity index (χ4n) is 6.04. The highest BCUT2D eigenvalue weighted by molar-refractivity contribution is 7.98. The first-order chi connectivity index (χ1) is 19.8. The molecule has 3 aromatic carbocycles. The molecule has 8 heteroatoms. The molecule has 42 heavy (non-hydrogen) atoms. The van der Waals surface area contributed by atoms with Crippen LogP contribution in [0, 0.1) is 37.5 Å². The zero-order valence-electron chi connectivity index (χ0n) is 24.2. The number of aryl methyl sites for hydroxylation is 3. The lowest BCUT2D eigenvalue weighted by Gasteiger charge is -2.44. The van der Waals surface area contributed by atoms with Gasteiger partial charge in [0.15, 0.2) is 5.78 Å². The molecular weight excluding hydrogens is 605 g/mol. The maximum Gasteiger partial charge on any atom is 0.162 e. The fraction of sp³-hybridized carbons (Fsp3) is 0.294. The van der Waals surface area contributed by atoms with Crippen LogP contribution >= 0.6 is 46.6 Å². The minimum atomic E-state index is -0.566. The van der Waals surface area contributed by atoms with E-state index in [-0.39, 0.29) is 11.2 Å². The van der Waals surface area contributed by atoms with Crippen molar-refractivity contribution < 1.29 is 4.79 Å². The maximum absolute atomic E-state index is 14.1. The van der Waals surface area contributed by atoms with Crippen LogP contribution in [0.25, 0.3) is 0 Å². The van der Waals surface area contributed by atoms with E-state index in [1.54, 1.807) is 23.9 Å². The van der Waals surface area contributed by atoms with Crippen LogP contribution in [0.3, 0.4) is 0 Å². The summed E-state index contributed by atoms with van der Waals surface area (Å²) in [5, 5.41) is 12.4. The predicted octanol–water partition coefficient (Wildman–Crippen LogP) is 9.81. The largest absolute Gasteiger partial charge is 0.384 e. The number of rotatable bonds is 5. The Morgan fingerprint density at radius 1 is 0.976 bits per heavy atom. The minimum absolute atomic E-state index is 0.0396. The van der Waals surface area contributed by atoms with Crippen LogP contribution < -0.4 is 10.6 Å². The summed E-state index contributed by atoms with van der Waals surface area (Å²) in [5.41, 5.74) is 14.3. The second kappa shape index (κ2) is 11.7. The fourth-order valence-corrected chi connectivity index (χ4v) is 7.77. The number of hydrogen-bond acceptors (Lipinski definition) is 5. The van der Waals surface area contributed by atoms with E-state index in [2.05, 4.69) is 39.0 Å². The number of ketones is 1. The topological polar surface area (TPSA) is 70.1 Å². The average molecular weight is 637 g/mol. The normalized spacial score (nSPS) is 18.3. The molecule has 0 fully saturated rings. The number of hydrogen-bond donors (Lipinski definition) is 1. The number of nitriles is 1. The van der Waals surface area contributed by atoms with Gasteiger partial charge >= 0.3 is 0 Å². The molecule has 0 aromatic heterocycles. The number of Topliss-reactive ketones (excluding diaryl/α,β-unsaturated/α-hetero) is 1. The van der Waals surface area contributed by atoms with Gasteiger partial charge in [0.1, 0.15) is 5.82 Å². The standard InChI is InChI=1S/C34H32Cl3N3OS/c1-18-6-7-22(35)12-27(18)40-28-14-34(4,5)15-29(41)32(28)31(25(16-38)33(40)39)24-11-21(19(2)10-20(24)3)17-42-30-13-23(36)8-9-26(30)37/h6-13,31H,14-15,17,39H2,1-5H3. The van der Waals surface area contributed by atoms with Gasteiger partial charge in [0.25, 0.3) is 0 Å². The van der Waals surface area contributed by atoms with Crippen LogP contribution in [-0.4, -0.2) is 5.78 Å². The summed E-state index contributed by atoms with van der Waals surface area (Å²) in [6.07, 6.45) is 1.03. The molecule has 2 N–H and O–H groups in total. The van der Waals surface area contributed by atoms with E-state index in [4.69, 9.17) is 40.5 Å². The van der Waals surface area contributed by atoms with Crippen molar-refractivity contribution in [3.05, 3.63) is 114 Å². The van der Waals surface area contributed by atoms with Crippen molar-refractivity contribution >= 4 is 58.0 Å². The first-order valence-corrected chi connectivity index (χ1v) is 15.8.